The maximum Gasteiger partial charge on any atom is 0.327 e. The van der Waals surface area contributed by atoms with Crippen molar-refractivity contribution in [3.8, 4) is 5.75 Å². The van der Waals surface area contributed by atoms with E-state index in [4.69, 9.17) is 15.2 Å². The fourth-order valence-electron chi connectivity index (χ4n) is 2.43. The maximum atomic E-state index is 11.8. The van der Waals surface area contributed by atoms with E-state index in [1.54, 1.807) is 6.20 Å². The smallest absolute Gasteiger partial charge is 0.327 e. The molecule has 2 N–H and O–H groups in total. The van der Waals surface area contributed by atoms with Gasteiger partial charge in [-0.2, -0.15) is 5.10 Å². The third-order valence-corrected chi connectivity index (χ3v) is 3.47. The van der Waals surface area contributed by atoms with Gasteiger partial charge in [-0.05, 0) is 12.5 Å². The summed E-state index contributed by atoms with van der Waals surface area (Å²) in [5.41, 5.74) is 7.17. The van der Waals surface area contributed by atoms with Crippen molar-refractivity contribution in [2.75, 3.05) is 18.9 Å². The van der Waals surface area contributed by atoms with Gasteiger partial charge in [0, 0.05) is 17.7 Å². The summed E-state index contributed by atoms with van der Waals surface area (Å²) in [6.07, 6.45) is 3.95. The minimum Gasteiger partial charge on any atom is -0.493 e. The zero-order valence-corrected chi connectivity index (χ0v) is 11.6. The summed E-state index contributed by atoms with van der Waals surface area (Å²) in [4.78, 5) is 11.8. The second-order valence-corrected chi connectivity index (χ2v) is 5.03. The van der Waals surface area contributed by atoms with Crippen LogP contribution in [0.4, 0.5) is 5.69 Å². The number of hydrogen-bond acceptors (Lipinski definition) is 5. The molecule has 1 aromatic heterocycles. The monoisotopic (exact) mass is 287 g/mol. The molecule has 0 radical (unpaired) electrons. The number of rotatable bonds is 4. The van der Waals surface area contributed by atoms with Gasteiger partial charge in [0.2, 0.25) is 0 Å². The molecular weight excluding hydrogens is 270 g/mol. The lowest BCUT2D eigenvalue weighted by atomic mass is 9.94. The van der Waals surface area contributed by atoms with Crippen LogP contribution >= 0.6 is 0 Å². The van der Waals surface area contributed by atoms with Crippen LogP contribution in [0.1, 0.15) is 17.9 Å². The lowest BCUT2D eigenvalue weighted by Crippen LogP contribution is -2.22. The van der Waals surface area contributed by atoms with Crippen molar-refractivity contribution in [3.05, 3.63) is 42.2 Å². The summed E-state index contributed by atoms with van der Waals surface area (Å²) in [7, 11) is 0. The van der Waals surface area contributed by atoms with Crippen LogP contribution in [0.15, 0.2) is 36.7 Å². The van der Waals surface area contributed by atoms with Crippen LogP contribution in [-0.4, -0.2) is 29.0 Å². The summed E-state index contributed by atoms with van der Waals surface area (Å²) < 4.78 is 12.4. The predicted molar refractivity (Wildman–Crippen MR) is 76.9 cm³/mol. The Morgan fingerprint density at radius 3 is 3.14 bits per heavy atom. The summed E-state index contributed by atoms with van der Waals surface area (Å²) >= 11 is 0. The zero-order chi connectivity index (χ0) is 14.7. The Kier molecular flexibility index (Phi) is 3.77. The van der Waals surface area contributed by atoms with Gasteiger partial charge in [0.25, 0.3) is 0 Å². The highest BCUT2D eigenvalue weighted by Crippen LogP contribution is 2.33. The molecule has 2 heterocycles. The molecule has 0 aliphatic carbocycles. The molecule has 1 unspecified atom stereocenters. The lowest BCUT2D eigenvalue weighted by molar-refractivity contribution is -0.145. The zero-order valence-electron chi connectivity index (χ0n) is 11.6. The average molecular weight is 287 g/mol. The number of anilines is 1. The van der Waals surface area contributed by atoms with Crippen molar-refractivity contribution in [1.29, 1.82) is 0 Å². The first-order valence-electron chi connectivity index (χ1n) is 6.87. The van der Waals surface area contributed by atoms with E-state index in [1.165, 1.54) is 10.9 Å². The van der Waals surface area contributed by atoms with Crippen molar-refractivity contribution in [2.45, 2.75) is 18.9 Å². The third-order valence-electron chi connectivity index (χ3n) is 3.47. The summed E-state index contributed by atoms with van der Waals surface area (Å²) in [6.45, 7) is 1.08. The molecule has 0 fully saturated rings. The molecule has 3 rings (SSSR count). The van der Waals surface area contributed by atoms with E-state index in [2.05, 4.69) is 5.10 Å². The molecule has 1 aliphatic heterocycles. The van der Waals surface area contributed by atoms with E-state index in [9.17, 15) is 4.79 Å². The second kappa shape index (κ2) is 5.87. The summed E-state index contributed by atoms with van der Waals surface area (Å²) in [5.74, 6) is 0.744. The Hall–Kier alpha value is -2.50. The van der Waals surface area contributed by atoms with Gasteiger partial charge in [-0.1, -0.05) is 18.2 Å². The largest absolute Gasteiger partial charge is 0.493 e. The van der Waals surface area contributed by atoms with Gasteiger partial charge in [0.15, 0.2) is 0 Å². The van der Waals surface area contributed by atoms with E-state index < -0.39 is 0 Å². The van der Waals surface area contributed by atoms with Gasteiger partial charge < -0.3 is 15.2 Å². The molecule has 6 nitrogen and oxygen atoms in total. The Morgan fingerprint density at radius 2 is 2.33 bits per heavy atom. The van der Waals surface area contributed by atoms with Crippen LogP contribution in [-0.2, 0) is 16.1 Å². The fraction of sp³-hybridized carbons (Fsp3) is 0.333. The number of nitrogen functional groups attached to an aromatic ring is 1. The van der Waals surface area contributed by atoms with Crippen LogP contribution in [0.3, 0.4) is 0 Å². The van der Waals surface area contributed by atoms with Gasteiger partial charge in [0.05, 0.1) is 25.1 Å². The quantitative estimate of drug-likeness (QED) is 0.864. The van der Waals surface area contributed by atoms with Gasteiger partial charge >= 0.3 is 5.97 Å². The highest BCUT2D eigenvalue weighted by atomic mass is 16.5. The molecule has 0 amide bonds. The highest BCUT2D eigenvalue weighted by Gasteiger charge is 2.22. The number of nitrogens with two attached hydrogens (primary N) is 1. The van der Waals surface area contributed by atoms with Gasteiger partial charge in [-0.15, -0.1) is 0 Å². The minimum absolute atomic E-state index is 0.0715. The van der Waals surface area contributed by atoms with Crippen molar-refractivity contribution in [3.63, 3.8) is 0 Å². The molecule has 1 aromatic carbocycles. The van der Waals surface area contributed by atoms with E-state index in [0.717, 1.165) is 17.7 Å². The van der Waals surface area contributed by atoms with Crippen LogP contribution < -0.4 is 10.5 Å². The molecule has 0 bridgehead atoms. The van der Waals surface area contributed by atoms with Crippen molar-refractivity contribution < 1.29 is 14.3 Å². The first-order valence-corrected chi connectivity index (χ1v) is 6.87. The molecule has 110 valence electrons. The van der Waals surface area contributed by atoms with Crippen molar-refractivity contribution >= 4 is 11.7 Å². The summed E-state index contributed by atoms with van der Waals surface area (Å²) in [6, 6.07) is 7.86. The number of para-hydroxylation sites is 1. The topological polar surface area (TPSA) is 79.4 Å². The second-order valence-electron chi connectivity index (χ2n) is 5.03. The SMILES string of the molecule is Nc1cnn(CC(=O)OCC2CCOc3ccccc32)c1. The van der Waals surface area contributed by atoms with Crippen LogP contribution in [0.25, 0.3) is 0 Å². The molecule has 0 saturated carbocycles. The van der Waals surface area contributed by atoms with Crippen LogP contribution in [0.2, 0.25) is 0 Å². The average Bonchev–Trinajstić information content (AvgIpc) is 2.90. The number of aromatic nitrogens is 2. The fourth-order valence-corrected chi connectivity index (χ4v) is 2.43. The molecule has 0 spiro atoms. The molecule has 6 heteroatoms. The Balaban J connectivity index is 1.57. The number of benzene rings is 1. The minimum atomic E-state index is -0.318. The van der Waals surface area contributed by atoms with Crippen LogP contribution in [0, 0.1) is 0 Å². The normalized spacial score (nSPS) is 16.9. The summed E-state index contributed by atoms with van der Waals surface area (Å²) in [5, 5.41) is 3.96. The first kappa shape index (κ1) is 13.5. The first-order chi connectivity index (χ1) is 10.2. The maximum absolute atomic E-state index is 11.8. The lowest BCUT2D eigenvalue weighted by Gasteiger charge is -2.25. The van der Waals surface area contributed by atoms with Crippen molar-refractivity contribution in [2.24, 2.45) is 0 Å². The Morgan fingerprint density at radius 1 is 1.48 bits per heavy atom. The molecule has 2 aromatic rings. The third kappa shape index (κ3) is 3.16. The Labute approximate surface area is 122 Å². The molecule has 21 heavy (non-hydrogen) atoms. The van der Waals surface area contributed by atoms with E-state index in [1.807, 2.05) is 24.3 Å². The van der Waals surface area contributed by atoms with Gasteiger partial charge in [-0.3, -0.25) is 9.48 Å². The predicted octanol–water partition coefficient (Wildman–Crippen LogP) is 1.57. The number of nitrogens with zero attached hydrogens (tertiary/aromatic N) is 2. The molecular formula is C15H17N3O3. The highest BCUT2D eigenvalue weighted by molar-refractivity contribution is 5.69. The van der Waals surface area contributed by atoms with Crippen molar-refractivity contribution in [1.82, 2.24) is 9.78 Å². The number of hydrogen-bond donors (Lipinski definition) is 1. The van der Waals surface area contributed by atoms with E-state index in [0.29, 0.717) is 18.9 Å². The van der Waals surface area contributed by atoms with E-state index >= 15 is 0 Å². The van der Waals surface area contributed by atoms with Crippen LogP contribution in [0.5, 0.6) is 5.75 Å². The number of carbonyl (C=O) groups is 1. The standard InChI is InChI=1S/C15H17N3O3/c16-12-7-17-18(8-12)9-15(19)21-10-11-5-6-20-14-4-2-1-3-13(11)14/h1-4,7-8,11H,5-6,9-10,16H2. The Bertz CT molecular complexity index is 639. The molecule has 0 saturated heterocycles. The molecule has 1 atom stereocenters. The number of fused-ring (bicyclic) bond motifs is 1. The van der Waals surface area contributed by atoms with Gasteiger partial charge in [0.1, 0.15) is 12.3 Å². The number of esters is 1. The van der Waals surface area contributed by atoms with E-state index in [-0.39, 0.29) is 18.4 Å². The number of carbonyl (C=O) groups excluding carboxylic acids is 1. The molecule has 1 aliphatic rings. The van der Waals surface area contributed by atoms with Gasteiger partial charge in [-0.25, -0.2) is 0 Å². The number of ether oxygens (including phenoxy) is 2.